The average Bonchev–Trinajstić information content (AvgIpc) is 2.58. The maximum absolute atomic E-state index is 12.5. The van der Waals surface area contributed by atoms with Crippen LogP contribution in [0.1, 0.15) is 53.8 Å². The SMILES string of the molecule is Cc1cc(C(=O)NC2CCCCC2)nc(Nc2ccc(Cl)cc2C)n1. The fourth-order valence-corrected chi connectivity index (χ4v) is 3.36. The van der Waals surface area contributed by atoms with Crippen molar-refractivity contribution in [2.24, 2.45) is 0 Å². The number of hydrogen-bond acceptors (Lipinski definition) is 4. The molecular weight excluding hydrogens is 336 g/mol. The Morgan fingerprint density at radius 2 is 1.88 bits per heavy atom. The summed E-state index contributed by atoms with van der Waals surface area (Å²) in [4.78, 5) is 21.3. The minimum atomic E-state index is -0.131. The van der Waals surface area contributed by atoms with Gasteiger partial charge >= 0.3 is 0 Å². The number of halogens is 1. The van der Waals surface area contributed by atoms with Gasteiger partial charge in [0.05, 0.1) is 0 Å². The number of nitrogens with zero attached hydrogens (tertiary/aromatic N) is 2. The molecule has 1 amide bonds. The summed E-state index contributed by atoms with van der Waals surface area (Å²) in [7, 11) is 0. The van der Waals surface area contributed by atoms with Gasteiger partial charge in [-0.15, -0.1) is 0 Å². The highest BCUT2D eigenvalue weighted by atomic mass is 35.5. The summed E-state index contributed by atoms with van der Waals surface area (Å²) in [5.74, 6) is 0.285. The second-order valence-electron chi connectivity index (χ2n) is 6.61. The molecule has 1 fully saturated rings. The lowest BCUT2D eigenvalue weighted by Gasteiger charge is -2.22. The largest absolute Gasteiger partial charge is 0.348 e. The van der Waals surface area contributed by atoms with E-state index in [-0.39, 0.29) is 11.9 Å². The van der Waals surface area contributed by atoms with E-state index in [0.717, 1.165) is 29.8 Å². The van der Waals surface area contributed by atoms with Gasteiger partial charge in [0.25, 0.3) is 5.91 Å². The van der Waals surface area contributed by atoms with Gasteiger partial charge in [-0.2, -0.15) is 0 Å². The van der Waals surface area contributed by atoms with E-state index < -0.39 is 0 Å². The van der Waals surface area contributed by atoms with Crippen LogP contribution in [0.5, 0.6) is 0 Å². The number of carbonyl (C=O) groups excluding carboxylic acids is 1. The maximum atomic E-state index is 12.5. The summed E-state index contributed by atoms with van der Waals surface area (Å²) in [6, 6.07) is 7.54. The number of rotatable bonds is 4. The van der Waals surface area contributed by atoms with Gasteiger partial charge in [-0.05, 0) is 56.5 Å². The predicted molar refractivity (Wildman–Crippen MR) is 101 cm³/mol. The van der Waals surface area contributed by atoms with Crippen LogP contribution in [0.15, 0.2) is 24.3 Å². The second-order valence-corrected chi connectivity index (χ2v) is 7.05. The molecule has 1 heterocycles. The molecule has 0 bridgehead atoms. The number of amides is 1. The van der Waals surface area contributed by atoms with Gasteiger partial charge in [0, 0.05) is 22.4 Å². The van der Waals surface area contributed by atoms with Gasteiger partial charge in [0.1, 0.15) is 5.69 Å². The third kappa shape index (κ3) is 4.69. The lowest BCUT2D eigenvalue weighted by atomic mass is 9.95. The zero-order valence-corrected chi connectivity index (χ0v) is 15.4. The normalized spacial score (nSPS) is 15.0. The van der Waals surface area contributed by atoms with Crippen molar-refractivity contribution >= 4 is 29.1 Å². The van der Waals surface area contributed by atoms with E-state index in [4.69, 9.17) is 11.6 Å². The van der Waals surface area contributed by atoms with Crippen LogP contribution < -0.4 is 10.6 Å². The van der Waals surface area contributed by atoms with Crippen LogP contribution in [-0.2, 0) is 0 Å². The number of nitrogens with one attached hydrogen (secondary N) is 2. The highest BCUT2D eigenvalue weighted by Gasteiger charge is 2.18. The minimum Gasteiger partial charge on any atom is -0.348 e. The van der Waals surface area contributed by atoms with E-state index in [0.29, 0.717) is 16.7 Å². The highest BCUT2D eigenvalue weighted by molar-refractivity contribution is 6.30. The summed E-state index contributed by atoms with van der Waals surface area (Å²) in [5, 5.41) is 6.96. The summed E-state index contributed by atoms with van der Waals surface area (Å²) >= 11 is 5.99. The molecule has 0 unspecified atom stereocenters. The first-order valence-corrected chi connectivity index (χ1v) is 9.09. The molecule has 1 aliphatic carbocycles. The van der Waals surface area contributed by atoms with Gasteiger partial charge < -0.3 is 10.6 Å². The highest BCUT2D eigenvalue weighted by Crippen LogP contribution is 2.22. The van der Waals surface area contributed by atoms with Crippen molar-refractivity contribution in [1.29, 1.82) is 0 Å². The summed E-state index contributed by atoms with van der Waals surface area (Å²) in [6.45, 7) is 3.82. The van der Waals surface area contributed by atoms with Crippen LogP contribution in [0.4, 0.5) is 11.6 Å². The van der Waals surface area contributed by atoms with Crippen molar-refractivity contribution in [3.63, 3.8) is 0 Å². The average molecular weight is 359 g/mol. The molecule has 1 aliphatic rings. The van der Waals surface area contributed by atoms with Crippen LogP contribution in [0, 0.1) is 13.8 Å². The van der Waals surface area contributed by atoms with Crippen molar-refractivity contribution in [2.45, 2.75) is 52.0 Å². The van der Waals surface area contributed by atoms with Gasteiger partial charge in [-0.3, -0.25) is 4.79 Å². The predicted octanol–water partition coefficient (Wildman–Crippen LogP) is 4.55. The van der Waals surface area contributed by atoms with E-state index in [9.17, 15) is 4.79 Å². The molecule has 132 valence electrons. The van der Waals surface area contributed by atoms with Crippen molar-refractivity contribution < 1.29 is 4.79 Å². The molecule has 2 N–H and O–H groups in total. The number of aryl methyl sites for hydroxylation is 2. The molecule has 5 nitrogen and oxygen atoms in total. The van der Waals surface area contributed by atoms with Crippen molar-refractivity contribution in [1.82, 2.24) is 15.3 Å². The van der Waals surface area contributed by atoms with Crippen molar-refractivity contribution in [3.8, 4) is 0 Å². The van der Waals surface area contributed by atoms with E-state index in [2.05, 4.69) is 20.6 Å². The zero-order valence-electron chi connectivity index (χ0n) is 14.6. The van der Waals surface area contributed by atoms with E-state index in [1.165, 1.54) is 19.3 Å². The Morgan fingerprint density at radius 1 is 1.12 bits per heavy atom. The fourth-order valence-electron chi connectivity index (χ4n) is 3.13. The van der Waals surface area contributed by atoms with Crippen LogP contribution in [0.25, 0.3) is 0 Å². The summed E-state index contributed by atoms with van der Waals surface area (Å²) in [5.41, 5.74) is 3.00. The lowest BCUT2D eigenvalue weighted by molar-refractivity contribution is 0.0922. The number of anilines is 2. The van der Waals surface area contributed by atoms with E-state index >= 15 is 0 Å². The maximum Gasteiger partial charge on any atom is 0.270 e. The van der Waals surface area contributed by atoms with Crippen molar-refractivity contribution in [3.05, 3.63) is 46.2 Å². The third-order valence-electron chi connectivity index (χ3n) is 4.46. The second kappa shape index (κ2) is 7.83. The number of hydrogen-bond donors (Lipinski definition) is 2. The van der Waals surface area contributed by atoms with Crippen LogP contribution in [-0.4, -0.2) is 21.9 Å². The Balaban J connectivity index is 1.76. The first kappa shape index (κ1) is 17.7. The van der Waals surface area contributed by atoms with Gasteiger partial charge in [-0.25, -0.2) is 9.97 Å². The first-order valence-electron chi connectivity index (χ1n) is 8.71. The molecule has 1 aromatic heterocycles. The monoisotopic (exact) mass is 358 g/mol. The Morgan fingerprint density at radius 3 is 2.60 bits per heavy atom. The molecular formula is C19H23ClN4O. The number of carbonyl (C=O) groups is 1. The van der Waals surface area contributed by atoms with Gasteiger partial charge in [0.2, 0.25) is 5.95 Å². The molecule has 0 saturated heterocycles. The van der Waals surface area contributed by atoms with E-state index in [1.54, 1.807) is 6.07 Å². The number of benzene rings is 1. The molecule has 6 heteroatoms. The van der Waals surface area contributed by atoms with E-state index in [1.807, 2.05) is 32.0 Å². The first-order chi connectivity index (χ1) is 12.0. The topological polar surface area (TPSA) is 66.9 Å². The molecule has 0 atom stereocenters. The molecule has 3 rings (SSSR count). The smallest absolute Gasteiger partial charge is 0.270 e. The van der Waals surface area contributed by atoms with Crippen LogP contribution >= 0.6 is 11.6 Å². The summed E-state index contributed by atoms with van der Waals surface area (Å²) < 4.78 is 0. The Kier molecular flexibility index (Phi) is 5.53. The Bertz CT molecular complexity index is 772. The van der Waals surface area contributed by atoms with Gasteiger partial charge in [-0.1, -0.05) is 30.9 Å². The quantitative estimate of drug-likeness (QED) is 0.841. The van der Waals surface area contributed by atoms with Crippen molar-refractivity contribution in [2.75, 3.05) is 5.32 Å². The van der Waals surface area contributed by atoms with Gasteiger partial charge in [0.15, 0.2) is 0 Å². The van der Waals surface area contributed by atoms with Crippen LogP contribution in [0.3, 0.4) is 0 Å². The summed E-state index contributed by atoms with van der Waals surface area (Å²) in [6.07, 6.45) is 5.70. The molecule has 1 aromatic carbocycles. The molecule has 0 radical (unpaired) electrons. The Labute approximate surface area is 153 Å². The molecule has 1 saturated carbocycles. The molecule has 25 heavy (non-hydrogen) atoms. The molecule has 0 aliphatic heterocycles. The standard InChI is InChI=1S/C19H23ClN4O/c1-12-10-14(20)8-9-16(12)23-19-21-13(2)11-17(24-19)18(25)22-15-6-4-3-5-7-15/h8-11,15H,3-7H2,1-2H3,(H,22,25)(H,21,23,24). The van der Waals surface area contributed by atoms with Crippen LogP contribution in [0.2, 0.25) is 5.02 Å². The Hall–Kier alpha value is -2.14. The lowest BCUT2D eigenvalue weighted by Crippen LogP contribution is -2.36. The molecule has 2 aromatic rings. The zero-order chi connectivity index (χ0) is 17.8. The third-order valence-corrected chi connectivity index (χ3v) is 4.70. The minimum absolute atomic E-state index is 0.131. The fraction of sp³-hybridized carbons (Fsp3) is 0.421. The number of aromatic nitrogens is 2. The molecule has 0 spiro atoms.